The van der Waals surface area contributed by atoms with Crippen molar-refractivity contribution >= 4 is 17.2 Å². The summed E-state index contributed by atoms with van der Waals surface area (Å²) in [6.45, 7) is 1.87. The Balaban J connectivity index is 2.13. The number of hydrogen-bond donors (Lipinski definition) is 2. The quantitative estimate of drug-likeness (QED) is 0.890. The molecule has 1 aromatic heterocycles. The smallest absolute Gasteiger partial charge is 0.261 e. The van der Waals surface area contributed by atoms with Gasteiger partial charge in [-0.1, -0.05) is 18.2 Å². The molecule has 0 saturated heterocycles. The summed E-state index contributed by atoms with van der Waals surface area (Å²) in [5, 5.41) is 11.6. The largest absolute Gasteiger partial charge is 0.396 e. The Morgan fingerprint density at radius 3 is 2.80 bits per heavy atom. The van der Waals surface area contributed by atoms with E-state index >= 15 is 0 Å². The zero-order chi connectivity index (χ0) is 14.5. The molecule has 2 rings (SSSR count). The number of thiophene rings is 1. The van der Waals surface area contributed by atoms with E-state index in [4.69, 9.17) is 5.11 Å². The van der Waals surface area contributed by atoms with Crippen molar-refractivity contribution in [3.8, 4) is 10.4 Å². The summed E-state index contributed by atoms with van der Waals surface area (Å²) in [6.07, 6.45) is 0.511. The molecular weight excluding hydrogens is 277 g/mol. The van der Waals surface area contributed by atoms with Gasteiger partial charge in [0.15, 0.2) is 0 Å². The van der Waals surface area contributed by atoms with Crippen LogP contribution in [0.4, 0.5) is 4.39 Å². The summed E-state index contributed by atoms with van der Waals surface area (Å²) in [7, 11) is 0. The molecule has 1 heterocycles. The summed E-state index contributed by atoms with van der Waals surface area (Å²) in [5.41, 5.74) is 0.500. The van der Waals surface area contributed by atoms with Gasteiger partial charge in [-0.3, -0.25) is 4.79 Å². The number of rotatable bonds is 5. The highest BCUT2D eigenvalue weighted by atomic mass is 32.1. The van der Waals surface area contributed by atoms with Crippen molar-refractivity contribution in [2.75, 3.05) is 6.61 Å². The minimum Gasteiger partial charge on any atom is -0.396 e. The molecular formula is C15H16FNO2S. The highest BCUT2D eigenvalue weighted by Crippen LogP contribution is 2.29. The lowest BCUT2D eigenvalue weighted by molar-refractivity contribution is 0.0938. The molecule has 0 radical (unpaired) electrons. The molecule has 5 heteroatoms. The molecule has 0 aliphatic rings. The molecule has 0 spiro atoms. The zero-order valence-electron chi connectivity index (χ0n) is 11.1. The first-order valence-electron chi connectivity index (χ1n) is 6.38. The number of carbonyl (C=O) groups excluding carboxylic acids is 1. The van der Waals surface area contributed by atoms with Crippen LogP contribution in [0, 0.1) is 5.82 Å². The highest BCUT2D eigenvalue weighted by molar-refractivity contribution is 7.17. The van der Waals surface area contributed by atoms with E-state index in [0.717, 1.165) is 4.88 Å². The monoisotopic (exact) mass is 293 g/mol. The fraction of sp³-hybridized carbons (Fsp3) is 0.267. The van der Waals surface area contributed by atoms with Crippen LogP contribution in [-0.4, -0.2) is 23.7 Å². The molecule has 1 atom stereocenters. The van der Waals surface area contributed by atoms with Crippen molar-refractivity contribution in [3.05, 3.63) is 47.1 Å². The van der Waals surface area contributed by atoms with Crippen LogP contribution >= 0.6 is 11.3 Å². The van der Waals surface area contributed by atoms with E-state index in [2.05, 4.69) is 5.32 Å². The summed E-state index contributed by atoms with van der Waals surface area (Å²) < 4.78 is 13.7. The second-order valence-corrected chi connectivity index (χ2v) is 5.61. The fourth-order valence-electron chi connectivity index (χ4n) is 1.83. The van der Waals surface area contributed by atoms with Gasteiger partial charge in [0.1, 0.15) is 5.82 Å². The number of aliphatic hydroxyl groups excluding tert-OH is 1. The number of aliphatic hydroxyl groups is 1. The first kappa shape index (κ1) is 14.7. The summed E-state index contributed by atoms with van der Waals surface area (Å²) >= 11 is 1.25. The average molecular weight is 293 g/mol. The molecule has 0 saturated carbocycles. The lowest BCUT2D eigenvalue weighted by atomic mass is 10.2. The molecule has 0 aliphatic heterocycles. The third-order valence-corrected chi connectivity index (χ3v) is 4.03. The molecule has 20 heavy (non-hydrogen) atoms. The van der Waals surface area contributed by atoms with E-state index in [0.29, 0.717) is 16.9 Å². The minimum atomic E-state index is -0.296. The Kier molecular flexibility index (Phi) is 4.87. The molecule has 0 fully saturated rings. The third-order valence-electron chi connectivity index (χ3n) is 2.91. The number of carbonyl (C=O) groups is 1. The van der Waals surface area contributed by atoms with Crippen LogP contribution in [-0.2, 0) is 0 Å². The van der Waals surface area contributed by atoms with Crippen LogP contribution in [0.1, 0.15) is 23.0 Å². The van der Waals surface area contributed by atoms with Crippen molar-refractivity contribution in [2.24, 2.45) is 0 Å². The Morgan fingerprint density at radius 1 is 1.35 bits per heavy atom. The normalized spacial score (nSPS) is 12.2. The maximum atomic E-state index is 13.7. The maximum absolute atomic E-state index is 13.7. The van der Waals surface area contributed by atoms with Crippen LogP contribution in [0.15, 0.2) is 36.4 Å². The molecule has 2 N–H and O–H groups in total. The van der Waals surface area contributed by atoms with E-state index in [1.165, 1.54) is 17.4 Å². The molecule has 3 nitrogen and oxygen atoms in total. The molecule has 1 amide bonds. The van der Waals surface area contributed by atoms with Gasteiger partial charge in [0.2, 0.25) is 0 Å². The lowest BCUT2D eigenvalue weighted by Gasteiger charge is -2.10. The maximum Gasteiger partial charge on any atom is 0.261 e. The van der Waals surface area contributed by atoms with Gasteiger partial charge in [-0.2, -0.15) is 0 Å². The number of nitrogens with one attached hydrogen (secondary N) is 1. The Bertz CT molecular complexity index is 597. The highest BCUT2D eigenvalue weighted by Gasteiger charge is 2.14. The summed E-state index contributed by atoms with van der Waals surface area (Å²) in [5.74, 6) is -0.492. The molecule has 1 unspecified atom stereocenters. The van der Waals surface area contributed by atoms with E-state index in [-0.39, 0.29) is 24.4 Å². The van der Waals surface area contributed by atoms with Crippen molar-refractivity contribution in [3.63, 3.8) is 0 Å². The Labute approximate surface area is 121 Å². The van der Waals surface area contributed by atoms with E-state index < -0.39 is 0 Å². The van der Waals surface area contributed by atoms with Crippen LogP contribution in [0.25, 0.3) is 10.4 Å². The van der Waals surface area contributed by atoms with E-state index in [1.54, 1.807) is 30.3 Å². The first-order valence-corrected chi connectivity index (χ1v) is 7.20. The van der Waals surface area contributed by atoms with Crippen molar-refractivity contribution in [1.82, 2.24) is 5.32 Å². The van der Waals surface area contributed by atoms with Crippen molar-refractivity contribution < 1.29 is 14.3 Å². The third kappa shape index (κ3) is 3.43. The first-order chi connectivity index (χ1) is 9.61. The molecule has 0 bridgehead atoms. The second-order valence-electron chi connectivity index (χ2n) is 4.53. The van der Waals surface area contributed by atoms with Gasteiger partial charge in [0, 0.05) is 23.1 Å². The van der Waals surface area contributed by atoms with Gasteiger partial charge >= 0.3 is 0 Å². The van der Waals surface area contributed by atoms with Gasteiger partial charge < -0.3 is 10.4 Å². The molecule has 0 aliphatic carbocycles. The number of benzene rings is 1. The van der Waals surface area contributed by atoms with Crippen molar-refractivity contribution in [1.29, 1.82) is 0 Å². The van der Waals surface area contributed by atoms with Crippen LogP contribution in [0.3, 0.4) is 0 Å². The van der Waals surface area contributed by atoms with Crippen LogP contribution < -0.4 is 5.32 Å². The second kappa shape index (κ2) is 6.63. The van der Waals surface area contributed by atoms with Crippen LogP contribution in [0.5, 0.6) is 0 Å². The predicted octanol–water partition coefficient (Wildman–Crippen LogP) is 3.05. The predicted molar refractivity (Wildman–Crippen MR) is 78.3 cm³/mol. The Morgan fingerprint density at radius 2 is 2.10 bits per heavy atom. The average Bonchev–Trinajstić information content (AvgIpc) is 2.89. The summed E-state index contributed by atoms with van der Waals surface area (Å²) in [6, 6.07) is 9.83. The lowest BCUT2D eigenvalue weighted by Crippen LogP contribution is -2.32. The Hall–Kier alpha value is -1.72. The molecule has 2 aromatic rings. The zero-order valence-corrected chi connectivity index (χ0v) is 11.9. The van der Waals surface area contributed by atoms with Gasteiger partial charge in [-0.25, -0.2) is 4.39 Å². The molecule has 106 valence electrons. The summed E-state index contributed by atoms with van der Waals surface area (Å²) in [4.78, 5) is 13.2. The topological polar surface area (TPSA) is 49.3 Å². The van der Waals surface area contributed by atoms with E-state index in [9.17, 15) is 9.18 Å². The molecule has 1 aromatic carbocycles. The number of halogens is 1. The van der Waals surface area contributed by atoms with Gasteiger partial charge in [0.25, 0.3) is 5.91 Å². The number of hydrogen-bond acceptors (Lipinski definition) is 3. The van der Waals surface area contributed by atoms with Gasteiger partial charge in [-0.15, -0.1) is 11.3 Å². The minimum absolute atomic E-state index is 0.0341. The number of amides is 1. The van der Waals surface area contributed by atoms with Crippen molar-refractivity contribution in [2.45, 2.75) is 19.4 Å². The standard InChI is InChI=1S/C15H16FNO2S/c1-10(8-9-18)17-15(19)14-7-6-13(20-14)11-4-2-3-5-12(11)16/h2-7,10,18H,8-9H2,1H3,(H,17,19). The SMILES string of the molecule is CC(CCO)NC(=O)c1ccc(-c2ccccc2F)s1. The van der Waals surface area contributed by atoms with E-state index in [1.807, 2.05) is 6.92 Å². The van der Waals surface area contributed by atoms with Gasteiger partial charge in [0.05, 0.1) is 4.88 Å². The van der Waals surface area contributed by atoms with Crippen LogP contribution in [0.2, 0.25) is 0 Å². The van der Waals surface area contributed by atoms with Gasteiger partial charge in [-0.05, 0) is 31.5 Å². The fourth-order valence-corrected chi connectivity index (χ4v) is 2.76.